The second kappa shape index (κ2) is 5.35. The molecule has 98 valence electrons. The molecule has 1 aliphatic rings. The molecule has 18 heavy (non-hydrogen) atoms. The van der Waals surface area contributed by atoms with E-state index in [1.807, 2.05) is 6.92 Å². The molecule has 1 aliphatic heterocycles. The number of piperidine rings is 1. The zero-order chi connectivity index (χ0) is 13.0. The lowest BCUT2D eigenvalue weighted by molar-refractivity contribution is 0.0648. The van der Waals surface area contributed by atoms with Crippen LogP contribution in [0.5, 0.6) is 0 Å². The molecule has 0 spiro atoms. The molecule has 2 rings (SSSR count). The van der Waals surface area contributed by atoms with Crippen molar-refractivity contribution < 1.29 is 9.90 Å². The number of amides is 2. The Labute approximate surface area is 107 Å². The number of anilines is 1. The first-order chi connectivity index (χ1) is 8.63. The van der Waals surface area contributed by atoms with E-state index < -0.39 is 0 Å². The summed E-state index contributed by atoms with van der Waals surface area (Å²) in [6.45, 7) is 3.47. The van der Waals surface area contributed by atoms with Crippen molar-refractivity contribution in [3.05, 3.63) is 24.5 Å². The Balaban J connectivity index is 1.97. The Kier molecular flexibility index (Phi) is 3.81. The van der Waals surface area contributed by atoms with Crippen molar-refractivity contribution in [2.75, 3.05) is 25.0 Å². The van der Waals surface area contributed by atoms with E-state index in [4.69, 9.17) is 0 Å². The van der Waals surface area contributed by atoms with E-state index in [1.54, 1.807) is 29.4 Å². The standard InChI is InChI=1S/C13H19N3O2/c1-13(10-17)5-2-8-16(9-13)12(18)15-11-3-6-14-7-4-11/h3-4,6-7,17H,2,5,8-10H2,1H3,(H,14,15,18). The van der Waals surface area contributed by atoms with Gasteiger partial charge in [-0.1, -0.05) is 6.92 Å². The number of hydrogen-bond acceptors (Lipinski definition) is 3. The number of carbonyl (C=O) groups excluding carboxylic acids is 1. The SMILES string of the molecule is CC1(CO)CCCN(C(=O)Nc2ccncc2)C1. The van der Waals surface area contributed by atoms with E-state index in [1.165, 1.54) is 0 Å². The number of aromatic nitrogens is 1. The van der Waals surface area contributed by atoms with Gasteiger partial charge in [-0.25, -0.2) is 4.79 Å². The first-order valence-corrected chi connectivity index (χ1v) is 6.20. The molecule has 1 fully saturated rings. The summed E-state index contributed by atoms with van der Waals surface area (Å²) in [5, 5.41) is 12.2. The molecule has 1 aromatic rings. The molecule has 2 amide bonds. The summed E-state index contributed by atoms with van der Waals surface area (Å²) in [4.78, 5) is 17.8. The van der Waals surface area contributed by atoms with Gasteiger partial charge in [-0.3, -0.25) is 4.98 Å². The van der Waals surface area contributed by atoms with E-state index in [0.29, 0.717) is 6.54 Å². The van der Waals surface area contributed by atoms with Gasteiger partial charge >= 0.3 is 6.03 Å². The third-order valence-electron chi connectivity index (χ3n) is 3.38. The fourth-order valence-corrected chi connectivity index (χ4v) is 2.26. The predicted molar refractivity (Wildman–Crippen MR) is 69.3 cm³/mol. The van der Waals surface area contributed by atoms with Crippen molar-refractivity contribution in [3.63, 3.8) is 0 Å². The van der Waals surface area contributed by atoms with Crippen molar-refractivity contribution in [2.24, 2.45) is 5.41 Å². The number of rotatable bonds is 2. The van der Waals surface area contributed by atoms with Crippen LogP contribution in [-0.2, 0) is 0 Å². The molecule has 2 N–H and O–H groups in total. The fourth-order valence-electron chi connectivity index (χ4n) is 2.26. The summed E-state index contributed by atoms with van der Waals surface area (Å²) in [5.74, 6) is 0. The molecule has 0 bridgehead atoms. The van der Waals surface area contributed by atoms with E-state index >= 15 is 0 Å². The maximum Gasteiger partial charge on any atom is 0.321 e. The van der Waals surface area contributed by atoms with E-state index in [9.17, 15) is 9.90 Å². The number of likely N-dealkylation sites (tertiary alicyclic amines) is 1. The van der Waals surface area contributed by atoms with Crippen LogP contribution in [0.4, 0.5) is 10.5 Å². The lowest BCUT2D eigenvalue weighted by atomic mass is 9.83. The summed E-state index contributed by atoms with van der Waals surface area (Å²) in [6.07, 6.45) is 5.18. The minimum absolute atomic E-state index is 0.111. The number of aliphatic hydroxyl groups excluding tert-OH is 1. The van der Waals surface area contributed by atoms with Gasteiger partial charge in [-0.15, -0.1) is 0 Å². The minimum Gasteiger partial charge on any atom is -0.396 e. The van der Waals surface area contributed by atoms with Crippen LogP contribution in [0.2, 0.25) is 0 Å². The zero-order valence-corrected chi connectivity index (χ0v) is 10.6. The van der Waals surface area contributed by atoms with Crippen molar-refractivity contribution in [1.82, 2.24) is 9.88 Å². The largest absolute Gasteiger partial charge is 0.396 e. The zero-order valence-electron chi connectivity index (χ0n) is 10.6. The molecule has 5 nitrogen and oxygen atoms in total. The van der Waals surface area contributed by atoms with Crippen LogP contribution < -0.4 is 5.32 Å². The maximum absolute atomic E-state index is 12.1. The Morgan fingerprint density at radius 2 is 2.28 bits per heavy atom. The molecule has 2 heterocycles. The van der Waals surface area contributed by atoms with Crippen LogP contribution in [0.25, 0.3) is 0 Å². The number of nitrogens with zero attached hydrogens (tertiary/aromatic N) is 2. The highest BCUT2D eigenvalue weighted by atomic mass is 16.3. The fraction of sp³-hybridized carbons (Fsp3) is 0.538. The van der Waals surface area contributed by atoms with E-state index in [2.05, 4.69) is 10.3 Å². The second-order valence-corrected chi connectivity index (χ2v) is 5.16. The number of urea groups is 1. The average Bonchev–Trinajstić information content (AvgIpc) is 2.40. The van der Waals surface area contributed by atoms with E-state index in [0.717, 1.165) is 25.1 Å². The molecule has 1 saturated heterocycles. The van der Waals surface area contributed by atoms with Crippen molar-refractivity contribution in [2.45, 2.75) is 19.8 Å². The van der Waals surface area contributed by atoms with Gasteiger partial charge in [0.2, 0.25) is 0 Å². The summed E-state index contributed by atoms with van der Waals surface area (Å²) in [7, 11) is 0. The van der Waals surface area contributed by atoms with Gasteiger partial charge in [0, 0.05) is 36.6 Å². The number of nitrogens with one attached hydrogen (secondary N) is 1. The number of carbonyl (C=O) groups is 1. The predicted octanol–water partition coefficient (Wildman–Crippen LogP) is 1.71. The summed E-state index contributed by atoms with van der Waals surface area (Å²) >= 11 is 0. The molecule has 1 aromatic heterocycles. The number of hydrogen-bond donors (Lipinski definition) is 2. The van der Waals surface area contributed by atoms with Crippen molar-refractivity contribution in [1.29, 1.82) is 0 Å². The van der Waals surface area contributed by atoms with E-state index in [-0.39, 0.29) is 18.1 Å². The monoisotopic (exact) mass is 249 g/mol. The van der Waals surface area contributed by atoms with Crippen LogP contribution in [0.3, 0.4) is 0 Å². The van der Waals surface area contributed by atoms with Gasteiger partial charge in [0.1, 0.15) is 0 Å². The highest BCUT2D eigenvalue weighted by Crippen LogP contribution is 2.28. The minimum atomic E-state index is -0.173. The van der Waals surface area contributed by atoms with Gasteiger partial charge < -0.3 is 15.3 Å². The maximum atomic E-state index is 12.1. The topological polar surface area (TPSA) is 65.5 Å². The highest BCUT2D eigenvalue weighted by molar-refractivity contribution is 5.89. The summed E-state index contributed by atoms with van der Waals surface area (Å²) < 4.78 is 0. The first kappa shape index (κ1) is 12.8. The van der Waals surface area contributed by atoms with Gasteiger partial charge in [-0.05, 0) is 25.0 Å². The van der Waals surface area contributed by atoms with Gasteiger partial charge in [0.15, 0.2) is 0 Å². The molecule has 0 aliphatic carbocycles. The third kappa shape index (κ3) is 2.98. The smallest absolute Gasteiger partial charge is 0.321 e. The Bertz CT molecular complexity index is 410. The van der Waals surface area contributed by atoms with Gasteiger partial charge in [0.05, 0.1) is 6.61 Å². The molecule has 5 heteroatoms. The molecule has 0 radical (unpaired) electrons. The number of pyridine rings is 1. The van der Waals surface area contributed by atoms with Crippen LogP contribution in [0, 0.1) is 5.41 Å². The van der Waals surface area contributed by atoms with Crippen molar-refractivity contribution in [3.8, 4) is 0 Å². The molecule has 0 saturated carbocycles. The average molecular weight is 249 g/mol. The molecular weight excluding hydrogens is 230 g/mol. The third-order valence-corrected chi connectivity index (χ3v) is 3.38. The molecule has 1 unspecified atom stereocenters. The quantitative estimate of drug-likeness (QED) is 0.838. The molecular formula is C13H19N3O2. The van der Waals surface area contributed by atoms with Gasteiger partial charge in [-0.2, -0.15) is 0 Å². The lowest BCUT2D eigenvalue weighted by Crippen LogP contribution is -2.47. The Morgan fingerprint density at radius 3 is 2.94 bits per heavy atom. The van der Waals surface area contributed by atoms with Crippen LogP contribution in [0.1, 0.15) is 19.8 Å². The number of aliphatic hydroxyl groups is 1. The lowest BCUT2D eigenvalue weighted by Gasteiger charge is -2.39. The van der Waals surface area contributed by atoms with Crippen LogP contribution in [0.15, 0.2) is 24.5 Å². The first-order valence-electron chi connectivity index (χ1n) is 6.20. The Hall–Kier alpha value is -1.62. The normalized spacial score (nSPS) is 23.8. The highest BCUT2D eigenvalue weighted by Gasteiger charge is 2.32. The van der Waals surface area contributed by atoms with Crippen LogP contribution >= 0.6 is 0 Å². The van der Waals surface area contributed by atoms with Crippen molar-refractivity contribution >= 4 is 11.7 Å². The molecule has 1 atom stereocenters. The Morgan fingerprint density at radius 1 is 1.56 bits per heavy atom. The summed E-state index contributed by atoms with van der Waals surface area (Å²) in [5.41, 5.74) is 0.569. The van der Waals surface area contributed by atoms with Gasteiger partial charge in [0.25, 0.3) is 0 Å². The van der Waals surface area contributed by atoms with Crippen LogP contribution in [-0.4, -0.2) is 40.7 Å². The summed E-state index contributed by atoms with van der Waals surface area (Å²) in [6, 6.07) is 3.40. The second-order valence-electron chi connectivity index (χ2n) is 5.16. The molecule has 0 aromatic carbocycles.